The van der Waals surface area contributed by atoms with E-state index < -0.39 is 22.0 Å². The van der Waals surface area contributed by atoms with E-state index in [9.17, 15) is 13.2 Å². The Morgan fingerprint density at radius 3 is 2.80 bits per heavy atom. The smallest absolute Gasteiger partial charge is 0.264 e. The van der Waals surface area contributed by atoms with Crippen LogP contribution in [-0.4, -0.2) is 57.3 Å². The van der Waals surface area contributed by atoms with E-state index in [1.165, 1.54) is 4.31 Å². The SMILES string of the molecule is COc1ccc2c(c1)CCN(S(=O)(=O)CCNC(=O)C1COc3ccccc3O1)C2. The third kappa shape index (κ3) is 4.36. The fraction of sp³-hybridized carbons (Fsp3) is 0.381. The van der Waals surface area contributed by atoms with E-state index in [2.05, 4.69) is 5.32 Å². The molecule has 2 aromatic carbocycles. The van der Waals surface area contributed by atoms with Crippen molar-refractivity contribution < 1.29 is 27.4 Å². The van der Waals surface area contributed by atoms with E-state index in [-0.39, 0.29) is 18.9 Å². The van der Waals surface area contributed by atoms with Gasteiger partial charge in [-0.2, -0.15) is 4.31 Å². The molecule has 0 spiro atoms. The minimum Gasteiger partial charge on any atom is -0.497 e. The molecule has 9 heteroatoms. The summed E-state index contributed by atoms with van der Waals surface area (Å²) in [5.41, 5.74) is 2.07. The maximum Gasteiger partial charge on any atom is 0.264 e. The van der Waals surface area contributed by atoms with Crippen LogP contribution in [0.15, 0.2) is 42.5 Å². The van der Waals surface area contributed by atoms with E-state index in [0.29, 0.717) is 31.0 Å². The van der Waals surface area contributed by atoms with Gasteiger partial charge in [-0.1, -0.05) is 18.2 Å². The van der Waals surface area contributed by atoms with Crippen LogP contribution < -0.4 is 19.5 Å². The minimum absolute atomic E-state index is 0.00857. The lowest BCUT2D eigenvalue weighted by molar-refractivity contribution is -0.130. The molecule has 4 rings (SSSR count). The zero-order valence-electron chi connectivity index (χ0n) is 16.7. The maximum atomic E-state index is 12.7. The summed E-state index contributed by atoms with van der Waals surface area (Å²) < 4.78 is 43.3. The number of para-hydroxylation sites is 2. The Morgan fingerprint density at radius 2 is 2.00 bits per heavy atom. The predicted octanol–water partition coefficient (Wildman–Crippen LogP) is 1.34. The van der Waals surface area contributed by atoms with Gasteiger partial charge in [-0.15, -0.1) is 0 Å². The number of rotatable bonds is 6. The molecule has 8 nitrogen and oxygen atoms in total. The molecule has 0 radical (unpaired) electrons. The molecule has 0 aromatic heterocycles. The monoisotopic (exact) mass is 432 g/mol. The number of hydrogen-bond acceptors (Lipinski definition) is 6. The Kier molecular flexibility index (Phi) is 5.83. The molecule has 2 heterocycles. The molecular weight excluding hydrogens is 408 g/mol. The van der Waals surface area contributed by atoms with Crippen LogP contribution >= 0.6 is 0 Å². The number of amides is 1. The van der Waals surface area contributed by atoms with Crippen LogP contribution in [-0.2, 0) is 27.8 Å². The van der Waals surface area contributed by atoms with Crippen molar-refractivity contribution >= 4 is 15.9 Å². The predicted molar refractivity (Wildman–Crippen MR) is 110 cm³/mol. The van der Waals surface area contributed by atoms with E-state index in [1.54, 1.807) is 25.3 Å². The van der Waals surface area contributed by atoms with Gasteiger partial charge in [0.25, 0.3) is 5.91 Å². The van der Waals surface area contributed by atoms with Crippen molar-refractivity contribution in [3.05, 3.63) is 53.6 Å². The molecule has 2 aliphatic rings. The van der Waals surface area contributed by atoms with Gasteiger partial charge in [0.1, 0.15) is 12.4 Å². The molecule has 1 amide bonds. The van der Waals surface area contributed by atoms with Gasteiger partial charge in [0.05, 0.1) is 12.9 Å². The lowest BCUT2D eigenvalue weighted by Crippen LogP contribution is -2.46. The summed E-state index contributed by atoms with van der Waals surface area (Å²) in [6.45, 7) is 0.829. The number of carbonyl (C=O) groups is 1. The van der Waals surface area contributed by atoms with Crippen molar-refractivity contribution in [3.8, 4) is 17.2 Å². The number of ether oxygens (including phenoxy) is 3. The van der Waals surface area contributed by atoms with Gasteiger partial charge in [0.2, 0.25) is 16.1 Å². The molecule has 0 aliphatic carbocycles. The zero-order valence-corrected chi connectivity index (χ0v) is 17.5. The molecule has 30 heavy (non-hydrogen) atoms. The van der Waals surface area contributed by atoms with Crippen LogP contribution in [0.4, 0.5) is 0 Å². The largest absolute Gasteiger partial charge is 0.497 e. The number of benzene rings is 2. The Balaban J connectivity index is 1.30. The van der Waals surface area contributed by atoms with Crippen molar-refractivity contribution in [2.24, 2.45) is 0 Å². The van der Waals surface area contributed by atoms with Crippen LogP contribution in [0.2, 0.25) is 0 Å². The molecule has 1 N–H and O–H groups in total. The van der Waals surface area contributed by atoms with Gasteiger partial charge in [-0.25, -0.2) is 8.42 Å². The fourth-order valence-electron chi connectivity index (χ4n) is 3.56. The normalized spacial score (nSPS) is 18.4. The van der Waals surface area contributed by atoms with E-state index in [1.807, 2.05) is 24.3 Å². The van der Waals surface area contributed by atoms with Crippen molar-refractivity contribution in [1.29, 1.82) is 0 Å². The molecule has 0 fully saturated rings. The minimum atomic E-state index is -3.50. The lowest BCUT2D eigenvalue weighted by Gasteiger charge is -2.28. The summed E-state index contributed by atoms with van der Waals surface area (Å²) in [5.74, 6) is 1.29. The topological polar surface area (TPSA) is 94.2 Å². The Hall–Kier alpha value is -2.78. The van der Waals surface area contributed by atoms with Crippen LogP contribution in [0.5, 0.6) is 17.2 Å². The highest BCUT2D eigenvalue weighted by molar-refractivity contribution is 7.89. The van der Waals surface area contributed by atoms with Gasteiger partial charge < -0.3 is 19.5 Å². The zero-order chi connectivity index (χ0) is 21.1. The van der Waals surface area contributed by atoms with Crippen molar-refractivity contribution in [2.75, 3.05) is 32.6 Å². The second kappa shape index (κ2) is 8.53. The summed E-state index contributed by atoms with van der Waals surface area (Å²) in [6, 6.07) is 12.8. The number of fused-ring (bicyclic) bond motifs is 2. The third-order valence-electron chi connectivity index (χ3n) is 5.24. The first-order valence-corrected chi connectivity index (χ1v) is 11.4. The number of hydrogen-bond donors (Lipinski definition) is 1. The average molecular weight is 432 g/mol. The van der Waals surface area contributed by atoms with E-state index in [0.717, 1.165) is 16.9 Å². The quantitative estimate of drug-likeness (QED) is 0.740. The van der Waals surface area contributed by atoms with Crippen LogP contribution in [0.3, 0.4) is 0 Å². The molecule has 2 aromatic rings. The summed E-state index contributed by atoms with van der Waals surface area (Å²) in [6.07, 6.45) is -0.176. The third-order valence-corrected chi connectivity index (χ3v) is 7.06. The average Bonchev–Trinajstić information content (AvgIpc) is 2.77. The fourth-order valence-corrected chi connectivity index (χ4v) is 4.89. The van der Waals surface area contributed by atoms with Crippen molar-refractivity contribution in [2.45, 2.75) is 19.1 Å². The molecule has 1 unspecified atom stereocenters. The highest BCUT2D eigenvalue weighted by atomic mass is 32.2. The number of nitrogens with zero attached hydrogens (tertiary/aromatic N) is 1. The number of carbonyl (C=O) groups excluding carboxylic acids is 1. The molecule has 2 aliphatic heterocycles. The van der Waals surface area contributed by atoms with E-state index >= 15 is 0 Å². The number of nitrogens with one attached hydrogen (secondary N) is 1. The highest BCUT2D eigenvalue weighted by Gasteiger charge is 2.29. The van der Waals surface area contributed by atoms with Gasteiger partial charge in [0, 0.05) is 19.6 Å². The van der Waals surface area contributed by atoms with Crippen LogP contribution in [0.25, 0.3) is 0 Å². The first-order chi connectivity index (χ1) is 14.5. The first kappa shape index (κ1) is 20.5. The molecule has 1 atom stereocenters. The van der Waals surface area contributed by atoms with Crippen molar-refractivity contribution in [3.63, 3.8) is 0 Å². The summed E-state index contributed by atoms with van der Waals surface area (Å²) in [7, 11) is -1.89. The Labute approximate surface area is 175 Å². The van der Waals surface area contributed by atoms with Gasteiger partial charge >= 0.3 is 0 Å². The lowest BCUT2D eigenvalue weighted by atomic mass is 10.0. The summed E-state index contributed by atoms with van der Waals surface area (Å²) in [5, 5.41) is 2.65. The van der Waals surface area contributed by atoms with Gasteiger partial charge in [-0.05, 0) is 41.8 Å². The Morgan fingerprint density at radius 1 is 1.20 bits per heavy atom. The van der Waals surface area contributed by atoms with Gasteiger partial charge in [0.15, 0.2) is 11.5 Å². The van der Waals surface area contributed by atoms with Crippen LogP contribution in [0, 0.1) is 0 Å². The summed E-state index contributed by atoms with van der Waals surface area (Å²) in [4.78, 5) is 12.4. The van der Waals surface area contributed by atoms with Gasteiger partial charge in [-0.3, -0.25) is 4.79 Å². The van der Waals surface area contributed by atoms with Crippen molar-refractivity contribution in [1.82, 2.24) is 9.62 Å². The molecule has 160 valence electrons. The summed E-state index contributed by atoms with van der Waals surface area (Å²) >= 11 is 0. The maximum absolute atomic E-state index is 12.7. The molecule has 0 saturated heterocycles. The van der Waals surface area contributed by atoms with Crippen LogP contribution in [0.1, 0.15) is 11.1 Å². The highest BCUT2D eigenvalue weighted by Crippen LogP contribution is 2.31. The standard InChI is InChI=1S/C21H24N2O6S/c1-27-17-7-6-16-13-23(10-8-15(16)12-17)30(25,26)11-9-22-21(24)20-14-28-18-4-2-3-5-19(18)29-20/h2-7,12,20H,8-11,13-14H2,1H3,(H,22,24). The van der Waals surface area contributed by atoms with E-state index in [4.69, 9.17) is 14.2 Å². The molecular formula is C21H24N2O6S. The molecule has 0 bridgehead atoms. The number of sulfonamides is 1. The first-order valence-electron chi connectivity index (χ1n) is 9.76. The Bertz CT molecular complexity index is 1040. The molecule has 0 saturated carbocycles. The second-order valence-corrected chi connectivity index (χ2v) is 9.28. The second-order valence-electron chi connectivity index (χ2n) is 7.19. The number of methoxy groups -OCH3 is 1.